The highest BCUT2D eigenvalue weighted by molar-refractivity contribution is 5.75. The number of carbonyl (C=O) groups is 1. The van der Waals surface area contributed by atoms with E-state index in [1.165, 1.54) is 5.56 Å². The lowest BCUT2D eigenvalue weighted by atomic mass is 9.73. The van der Waals surface area contributed by atoms with Crippen molar-refractivity contribution in [3.63, 3.8) is 0 Å². The molecule has 1 heterocycles. The standard InChI is InChI=1S/C17H20N2O/c1-12(20)19-16-9-13(11-18)8-15(10-16)17(19,2)14-6-4-3-5-7-14/h3-7,13,15-16H,8-10H2,1-2H3/t13-,15-,16+,17-/m1/s1. The quantitative estimate of drug-likeness (QED) is 0.785. The number of hydrogen-bond donors (Lipinski definition) is 0. The molecule has 0 spiro atoms. The van der Waals surface area contributed by atoms with Gasteiger partial charge in [-0.2, -0.15) is 5.26 Å². The fourth-order valence-corrected chi connectivity index (χ4v) is 4.37. The zero-order chi connectivity index (χ0) is 14.3. The van der Waals surface area contributed by atoms with Gasteiger partial charge in [0.25, 0.3) is 0 Å². The molecule has 1 aromatic rings. The molecule has 3 nitrogen and oxygen atoms in total. The summed E-state index contributed by atoms with van der Waals surface area (Å²) in [6.45, 7) is 3.83. The Kier molecular flexibility index (Phi) is 3.05. The summed E-state index contributed by atoms with van der Waals surface area (Å²) in [6, 6.07) is 12.9. The lowest BCUT2D eigenvalue weighted by Crippen LogP contribution is -2.47. The maximum absolute atomic E-state index is 12.2. The van der Waals surface area contributed by atoms with E-state index in [1.807, 2.05) is 23.1 Å². The molecule has 1 aromatic carbocycles. The monoisotopic (exact) mass is 268 g/mol. The van der Waals surface area contributed by atoms with E-state index in [1.54, 1.807) is 6.92 Å². The Balaban J connectivity index is 2.08. The summed E-state index contributed by atoms with van der Waals surface area (Å²) in [5.41, 5.74) is 0.935. The third-order valence-electron chi connectivity index (χ3n) is 5.22. The van der Waals surface area contributed by atoms with Crippen molar-refractivity contribution in [1.29, 1.82) is 5.26 Å². The minimum absolute atomic E-state index is 0.0890. The van der Waals surface area contributed by atoms with Gasteiger partial charge in [0.2, 0.25) is 5.91 Å². The van der Waals surface area contributed by atoms with Crippen molar-refractivity contribution in [1.82, 2.24) is 4.90 Å². The van der Waals surface area contributed by atoms with Crippen LogP contribution in [0.4, 0.5) is 0 Å². The molecule has 1 aliphatic heterocycles. The highest BCUT2D eigenvalue weighted by Gasteiger charge is 2.55. The van der Waals surface area contributed by atoms with Crippen LogP contribution in [0.1, 0.15) is 38.7 Å². The number of amides is 1. The van der Waals surface area contributed by atoms with Gasteiger partial charge in [0, 0.05) is 18.9 Å². The predicted octanol–water partition coefficient (Wildman–Crippen LogP) is 3.07. The molecule has 3 rings (SSSR count). The van der Waals surface area contributed by atoms with Gasteiger partial charge in [0.1, 0.15) is 0 Å². The Morgan fingerprint density at radius 2 is 2.00 bits per heavy atom. The third-order valence-corrected chi connectivity index (χ3v) is 5.22. The van der Waals surface area contributed by atoms with E-state index in [4.69, 9.17) is 0 Å². The molecule has 0 N–H and O–H groups in total. The molecule has 1 amide bonds. The fraction of sp³-hybridized carbons (Fsp3) is 0.529. The predicted molar refractivity (Wildman–Crippen MR) is 76.5 cm³/mol. The molecule has 20 heavy (non-hydrogen) atoms. The van der Waals surface area contributed by atoms with Gasteiger partial charge >= 0.3 is 0 Å². The van der Waals surface area contributed by atoms with Crippen LogP contribution in [0, 0.1) is 23.2 Å². The minimum atomic E-state index is -0.261. The number of carbonyl (C=O) groups excluding carboxylic acids is 1. The number of nitrogens with zero attached hydrogens (tertiary/aromatic N) is 2. The van der Waals surface area contributed by atoms with Crippen molar-refractivity contribution in [2.45, 2.75) is 44.7 Å². The molecule has 1 saturated heterocycles. The number of rotatable bonds is 1. The number of nitriles is 1. The van der Waals surface area contributed by atoms with Gasteiger partial charge in [-0.25, -0.2) is 0 Å². The molecule has 1 saturated carbocycles. The summed E-state index contributed by atoms with van der Waals surface area (Å²) in [5, 5.41) is 9.27. The average Bonchev–Trinajstić information content (AvgIpc) is 2.67. The maximum Gasteiger partial charge on any atom is 0.220 e. The Hall–Kier alpha value is -1.82. The van der Waals surface area contributed by atoms with Gasteiger partial charge in [-0.15, -0.1) is 0 Å². The number of likely N-dealkylation sites (tertiary alicyclic amines) is 1. The van der Waals surface area contributed by atoms with E-state index >= 15 is 0 Å². The molecule has 0 radical (unpaired) electrons. The van der Waals surface area contributed by atoms with Gasteiger partial charge in [0.15, 0.2) is 0 Å². The van der Waals surface area contributed by atoms with Gasteiger partial charge in [-0.05, 0) is 37.7 Å². The normalized spacial score (nSPS) is 35.6. The SMILES string of the molecule is CC(=O)N1[C@H]2C[C@H](C#N)C[C@H](C2)[C@@]1(C)c1ccccc1. The summed E-state index contributed by atoms with van der Waals surface area (Å²) in [4.78, 5) is 14.3. The maximum atomic E-state index is 12.2. The van der Waals surface area contributed by atoms with Gasteiger partial charge in [-0.1, -0.05) is 30.3 Å². The van der Waals surface area contributed by atoms with Crippen molar-refractivity contribution < 1.29 is 4.79 Å². The summed E-state index contributed by atoms with van der Waals surface area (Å²) in [7, 11) is 0. The van der Waals surface area contributed by atoms with Crippen LogP contribution in [0.2, 0.25) is 0 Å². The van der Waals surface area contributed by atoms with Crippen LogP contribution < -0.4 is 0 Å². The van der Waals surface area contributed by atoms with E-state index < -0.39 is 0 Å². The molecule has 2 aliphatic rings. The van der Waals surface area contributed by atoms with E-state index in [0.717, 1.165) is 19.3 Å². The molecule has 0 unspecified atom stereocenters. The zero-order valence-electron chi connectivity index (χ0n) is 12.0. The highest BCUT2D eigenvalue weighted by atomic mass is 16.2. The first kappa shape index (κ1) is 13.2. The molecule has 2 bridgehead atoms. The van der Waals surface area contributed by atoms with E-state index in [-0.39, 0.29) is 23.4 Å². The molecule has 104 valence electrons. The number of benzene rings is 1. The Labute approximate surface area is 120 Å². The molecule has 3 heteroatoms. The van der Waals surface area contributed by atoms with Crippen molar-refractivity contribution in [3.8, 4) is 6.07 Å². The average molecular weight is 268 g/mol. The second kappa shape index (κ2) is 4.63. The molecule has 0 aromatic heterocycles. The van der Waals surface area contributed by atoms with Gasteiger partial charge < -0.3 is 4.90 Å². The van der Waals surface area contributed by atoms with Crippen molar-refractivity contribution in [2.75, 3.05) is 0 Å². The van der Waals surface area contributed by atoms with Crippen molar-refractivity contribution in [3.05, 3.63) is 35.9 Å². The first-order valence-corrected chi connectivity index (χ1v) is 7.32. The van der Waals surface area contributed by atoms with Crippen LogP contribution in [0.15, 0.2) is 30.3 Å². The van der Waals surface area contributed by atoms with Crippen LogP contribution >= 0.6 is 0 Å². The van der Waals surface area contributed by atoms with Crippen molar-refractivity contribution >= 4 is 5.91 Å². The van der Waals surface area contributed by atoms with Gasteiger partial charge in [0.05, 0.1) is 11.6 Å². The van der Waals surface area contributed by atoms with Crippen LogP contribution in [0.5, 0.6) is 0 Å². The molecule has 2 fully saturated rings. The largest absolute Gasteiger partial charge is 0.330 e. The summed E-state index contributed by atoms with van der Waals surface area (Å²) in [5.74, 6) is 0.603. The highest BCUT2D eigenvalue weighted by Crippen LogP contribution is 2.53. The molecule has 1 aliphatic carbocycles. The topological polar surface area (TPSA) is 44.1 Å². The molecular formula is C17H20N2O. The summed E-state index contributed by atoms with van der Waals surface area (Å²) < 4.78 is 0. The van der Waals surface area contributed by atoms with Crippen LogP contribution in [-0.4, -0.2) is 16.8 Å². The van der Waals surface area contributed by atoms with E-state index in [0.29, 0.717) is 5.92 Å². The lowest BCUT2D eigenvalue weighted by molar-refractivity contribution is -0.135. The van der Waals surface area contributed by atoms with Crippen LogP contribution in [0.25, 0.3) is 0 Å². The number of hydrogen-bond acceptors (Lipinski definition) is 2. The van der Waals surface area contributed by atoms with Crippen LogP contribution in [-0.2, 0) is 10.3 Å². The molecular weight excluding hydrogens is 248 g/mol. The van der Waals surface area contributed by atoms with Crippen molar-refractivity contribution in [2.24, 2.45) is 11.8 Å². The Morgan fingerprint density at radius 3 is 2.60 bits per heavy atom. The van der Waals surface area contributed by atoms with Crippen LogP contribution in [0.3, 0.4) is 0 Å². The molecule has 4 atom stereocenters. The van der Waals surface area contributed by atoms with E-state index in [2.05, 4.69) is 25.1 Å². The van der Waals surface area contributed by atoms with Gasteiger partial charge in [-0.3, -0.25) is 4.79 Å². The smallest absolute Gasteiger partial charge is 0.220 e. The second-order valence-electron chi connectivity index (χ2n) is 6.29. The summed E-state index contributed by atoms with van der Waals surface area (Å²) >= 11 is 0. The third kappa shape index (κ3) is 1.75. The Bertz CT molecular complexity index is 562. The fourth-order valence-electron chi connectivity index (χ4n) is 4.37. The first-order chi connectivity index (χ1) is 9.57. The Morgan fingerprint density at radius 1 is 1.30 bits per heavy atom. The first-order valence-electron chi connectivity index (χ1n) is 7.32. The zero-order valence-corrected chi connectivity index (χ0v) is 12.0. The number of fused-ring (bicyclic) bond motifs is 2. The summed E-state index contributed by atoms with van der Waals surface area (Å²) in [6.07, 6.45) is 2.76. The lowest BCUT2D eigenvalue weighted by Gasteiger charge is -2.40. The van der Waals surface area contributed by atoms with E-state index in [9.17, 15) is 10.1 Å². The second-order valence-corrected chi connectivity index (χ2v) is 6.29. The minimum Gasteiger partial charge on any atom is -0.330 e.